The van der Waals surface area contributed by atoms with E-state index in [9.17, 15) is 22.0 Å². The van der Waals surface area contributed by atoms with Crippen molar-refractivity contribution in [2.45, 2.75) is 0 Å². The molecule has 0 aliphatic rings. The monoisotopic (exact) mass is 375 g/mol. The van der Waals surface area contributed by atoms with Crippen LogP contribution in [0.1, 0.15) is 0 Å². The Morgan fingerprint density at radius 1 is 0.706 bits per heavy atom. The maximum Gasteiger partial charge on any atom is 0.199 e. The van der Waals surface area contributed by atoms with E-state index in [1.807, 2.05) is 0 Å². The summed E-state index contributed by atoms with van der Waals surface area (Å²) in [5.41, 5.74) is -0.804. The standard InChI is InChI=1S/C9Br2F5N/c10-2-1-3(12)5(14)6(15)7(16)8(1)17-9(11)4(2)13. The van der Waals surface area contributed by atoms with Crippen LogP contribution in [-0.4, -0.2) is 4.98 Å². The molecular weight excluding hydrogens is 377 g/mol. The van der Waals surface area contributed by atoms with Gasteiger partial charge in [0.25, 0.3) is 0 Å². The number of benzene rings is 1. The van der Waals surface area contributed by atoms with E-state index < -0.39 is 49.1 Å². The highest BCUT2D eigenvalue weighted by Crippen LogP contribution is 2.35. The number of pyridine rings is 1. The summed E-state index contributed by atoms with van der Waals surface area (Å²) in [6.45, 7) is 0. The number of hydrogen-bond acceptors (Lipinski definition) is 1. The molecule has 0 N–H and O–H groups in total. The Kier molecular flexibility index (Phi) is 3.11. The summed E-state index contributed by atoms with van der Waals surface area (Å²) < 4.78 is 65.0. The Hall–Kier alpha value is -0.760. The second-order valence-electron chi connectivity index (χ2n) is 3.01. The zero-order chi connectivity index (χ0) is 12.9. The Balaban J connectivity index is 3.12. The largest absolute Gasteiger partial charge is 0.234 e. The molecule has 0 atom stereocenters. The van der Waals surface area contributed by atoms with Gasteiger partial charge in [-0.3, -0.25) is 0 Å². The molecule has 2 rings (SSSR count). The SMILES string of the molecule is Fc1c(F)c(F)c2c(Br)c(F)c(Br)nc2c1F. The van der Waals surface area contributed by atoms with Crippen LogP contribution in [0.25, 0.3) is 10.9 Å². The van der Waals surface area contributed by atoms with Crippen LogP contribution >= 0.6 is 31.9 Å². The molecule has 17 heavy (non-hydrogen) atoms. The van der Waals surface area contributed by atoms with Gasteiger partial charge in [-0.05, 0) is 31.9 Å². The zero-order valence-corrected chi connectivity index (χ0v) is 10.8. The molecule has 0 amide bonds. The van der Waals surface area contributed by atoms with Gasteiger partial charge in [-0.2, -0.15) is 0 Å². The van der Waals surface area contributed by atoms with E-state index >= 15 is 0 Å². The molecule has 1 nitrogen and oxygen atoms in total. The van der Waals surface area contributed by atoms with E-state index in [0.29, 0.717) is 0 Å². The lowest BCUT2D eigenvalue weighted by Gasteiger charge is -2.07. The minimum absolute atomic E-state index is 0.443. The maximum atomic E-state index is 13.4. The fraction of sp³-hybridized carbons (Fsp3) is 0. The van der Waals surface area contributed by atoms with Crippen LogP contribution in [0.15, 0.2) is 9.08 Å². The highest BCUT2D eigenvalue weighted by Gasteiger charge is 2.25. The Bertz CT molecular complexity index is 635. The number of aromatic nitrogens is 1. The molecule has 1 aromatic carbocycles. The molecular formula is C9Br2F5N. The van der Waals surface area contributed by atoms with Crippen molar-refractivity contribution in [3.63, 3.8) is 0 Å². The molecule has 8 heteroatoms. The first-order chi connectivity index (χ1) is 7.86. The molecule has 0 saturated carbocycles. The summed E-state index contributed by atoms with van der Waals surface area (Å²) in [6, 6.07) is 0. The van der Waals surface area contributed by atoms with Crippen molar-refractivity contribution in [2.24, 2.45) is 0 Å². The molecule has 1 aromatic heterocycles. The van der Waals surface area contributed by atoms with E-state index in [4.69, 9.17) is 0 Å². The van der Waals surface area contributed by atoms with Crippen molar-refractivity contribution in [2.75, 3.05) is 0 Å². The van der Waals surface area contributed by atoms with Gasteiger partial charge in [0.05, 0.1) is 9.86 Å². The summed E-state index contributed by atoms with van der Waals surface area (Å²) in [5.74, 6) is -8.43. The van der Waals surface area contributed by atoms with Gasteiger partial charge in [0.15, 0.2) is 29.1 Å². The van der Waals surface area contributed by atoms with Crippen LogP contribution in [-0.2, 0) is 0 Å². The molecule has 0 unspecified atom stereocenters. The van der Waals surface area contributed by atoms with Crippen molar-refractivity contribution in [3.05, 3.63) is 38.2 Å². The van der Waals surface area contributed by atoms with Gasteiger partial charge in [-0.1, -0.05) is 0 Å². The molecule has 1 heterocycles. The second kappa shape index (κ2) is 4.16. The first-order valence-electron chi connectivity index (χ1n) is 4.02. The molecule has 0 radical (unpaired) electrons. The van der Waals surface area contributed by atoms with E-state index in [2.05, 4.69) is 36.8 Å². The van der Waals surface area contributed by atoms with Gasteiger partial charge in [-0.15, -0.1) is 0 Å². The van der Waals surface area contributed by atoms with Crippen molar-refractivity contribution in [1.82, 2.24) is 4.98 Å². The fourth-order valence-electron chi connectivity index (χ4n) is 1.27. The predicted octanol–water partition coefficient (Wildman–Crippen LogP) is 4.46. The number of rotatable bonds is 0. The Morgan fingerprint density at radius 3 is 1.82 bits per heavy atom. The first-order valence-corrected chi connectivity index (χ1v) is 5.61. The number of hydrogen-bond donors (Lipinski definition) is 0. The number of fused-ring (bicyclic) bond motifs is 1. The molecule has 0 bridgehead atoms. The van der Waals surface area contributed by atoms with Crippen LogP contribution < -0.4 is 0 Å². The molecule has 0 spiro atoms. The number of halogens is 7. The summed E-state index contributed by atoms with van der Waals surface area (Å²) in [7, 11) is 0. The van der Waals surface area contributed by atoms with E-state index in [0.717, 1.165) is 0 Å². The van der Waals surface area contributed by atoms with Gasteiger partial charge in [-0.25, -0.2) is 26.9 Å². The summed E-state index contributed by atoms with van der Waals surface area (Å²) >= 11 is 5.28. The lowest BCUT2D eigenvalue weighted by molar-refractivity contribution is 0.416. The third kappa shape index (κ3) is 1.74. The Morgan fingerprint density at radius 2 is 1.24 bits per heavy atom. The van der Waals surface area contributed by atoms with Gasteiger partial charge < -0.3 is 0 Å². The van der Waals surface area contributed by atoms with E-state index in [-0.39, 0.29) is 0 Å². The number of nitrogens with zero attached hydrogens (tertiary/aromatic N) is 1. The second-order valence-corrected chi connectivity index (χ2v) is 4.55. The summed E-state index contributed by atoms with van der Waals surface area (Å²) in [5, 5.41) is -0.790. The van der Waals surface area contributed by atoms with Gasteiger partial charge in [0.1, 0.15) is 10.1 Å². The highest BCUT2D eigenvalue weighted by molar-refractivity contribution is 9.11. The Labute approximate surface area is 108 Å². The molecule has 90 valence electrons. The van der Waals surface area contributed by atoms with Crippen LogP contribution in [0.4, 0.5) is 22.0 Å². The van der Waals surface area contributed by atoms with Crippen molar-refractivity contribution in [1.29, 1.82) is 0 Å². The predicted molar refractivity (Wildman–Crippen MR) is 56.9 cm³/mol. The fourth-order valence-corrected chi connectivity index (χ4v) is 2.46. The van der Waals surface area contributed by atoms with Gasteiger partial charge >= 0.3 is 0 Å². The van der Waals surface area contributed by atoms with Crippen molar-refractivity contribution < 1.29 is 22.0 Å². The van der Waals surface area contributed by atoms with Crippen LogP contribution in [0.5, 0.6) is 0 Å². The zero-order valence-electron chi connectivity index (χ0n) is 7.59. The van der Waals surface area contributed by atoms with E-state index in [1.54, 1.807) is 0 Å². The van der Waals surface area contributed by atoms with Crippen molar-refractivity contribution in [3.8, 4) is 0 Å². The third-order valence-corrected chi connectivity index (χ3v) is 3.32. The minimum atomic E-state index is -2.01. The normalized spacial score (nSPS) is 11.2. The summed E-state index contributed by atoms with van der Waals surface area (Å²) in [6.07, 6.45) is 0. The first kappa shape index (κ1) is 12.7. The van der Waals surface area contributed by atoms with Crippen LogP contribution in [0.3, 0.4) is 0 Å². The molecule has 2 aromatic rings. The molecule has 0 fully saturated rings. The minimum Gasteiger partial charge on any atom is -0.234 e. The highest BCUT2D eigenvalue weighted by atomic mass is 79.9. The van der Waals surface area contributed by atoms with Gasteiger partial charge in [0, 0.05) is 0 Å². The molecule has 0 aliphatic carbocycles. The van der Waals surface area contributed by atoms with Gasteiger partial charge in [0.2, 0.25) is 0 Å². The molecule has 0 saturated heterocycles. The van der Waals surface area contributed by atoms with Crippen LogP contribution in [0, 0.1) is 29.1 Å². The third-order valence-electron chi connectivity index (χ3n) is 2.05. The average Bonchev–Trinajstić information content (AvgIpc) is 2.30. The molecule has 0 aliphatic heterocycles. The van der Waals surface area contributed by atoms with E-state index in [1.165, 1.54) is 0 Å². The van der Waals surface area contributed by atoms with Crippen molar-refractivity contribution >= 4 is 42.8 Å². The average molecular weight is 377 g/mol. The topological polar surface area (TPSA) is 12.9 Å². The lowest BCUT2D eigenvalue weighted by atomic mass is 10.2. The summed E-state index contributed by atoms with van der Waals surface area (Å²) in [4.78, 5) is 3.29. The quantitative estimate of drug-likeness (QED) is 0.286. The van der Waals surface area contributed by atoms with Crippen LogP contribution in [0.2, 0.25) is 0 Å². The smallest absolute Gasteiger partial charge is 0.199 e. The maximum absolute atomic E-state index is 13.4. The lowest BCUT2D eigenvalue weighted by Crippen LogP contribution is -2.02.